The van der Waals surface area contributed by atoms with Crippen LogP contribution in [-0.4, -0.2) is 59.6 Å². The van der Waals surface area contributed by atoms with Gasteiger partial charge in [-0.15, -0.1) is 0 Å². The first kappa shape index (κ1) is 30.2. The highest BCUT2D eigenvalue weighted by molar-refractivity contribution is 7.98. The average Bonchev–Trinajstić information content (AvgIpc) is 2.93. The fourth-order valence-electron chi connectivity index (χ4n) is 5.47. The molecular formula is C32H46N2O3S. The molecule has 0 aromatic heterocycles. The molecule has 1 atom stereocenters. The molecule has 1 aliphatic rings. The minimum absolute atomic E-state index is 0.329. The number of nitrogens with zero attached hydrogens (tertiary/aromatic N) is 1. The summed E-state index contributed by atoms with van der Waals surface area (Å²) < 4.78 is 0. The summed E-state index contributed by atoms with van der Waals surface area (Å²) in [5.74, 6) is 0.176. The molecule has 5 nitrogen and oxygen atoms in total. The monoisotopic (exact) mass is 538 g/mol. The number of thioether (sulfide) groups is 1. The molecule has 1 saturated carbocycles. The third-order valence-corrected chi connectivity index (χ3v) is 8.41. The molecule has 208 valence electrons. The number of carboxylic acids is 1. The van der Waals surface area contributed by atoms with E-state index < -0.39 is 12.0 Å². The van der Waals surface area contributed by atoms with Gasteiger partial charge in [-0.3, -0.25) is 4.79 Å². The molecule has 38 heavy (non-hydrogen) atoms. The van der Waals surface area contributed by atoms with Crippen molar-refractivity contribution in [3.63, 3.8) is 0 Å². The molecule has 2 aromatic carbocycles. The molecule has 2 N–H and O–H groups in total. The van der Waals surface area contributed by atoms with Gasteiger partial charge in [-0.1, -0.05) is 69.0 Å². The Morgan fingerprint density at radius 2 is 1.84 bits per heavy atom. The van der Waals surface area contributed by atoms with Gasteiger partial charge in [0.15, 0.2) is 0 Å². The summed E-state index contributed by atoms with van der Waals surface area (Å²) in [5.41, 5.74) is 4.73. The van der Waals surface area contributed by atoms with E-state index in [-0.39, 0.29) is 5.91 Å². The van der Waals surface area contributed by atoms with Crippen LogP contribution >= 0.6 is 11.8 Å². The van der Waals surface area contributed by atoms with Crippen molar-refractivity contribution < 1.29 is 14.7 Å². The Morgan fingerprint density at radius 3 is 2.53 bits per heavy atom. The van der Waals surface area contributed by atoms with Gasteiger partial charge < -0.3 is 15.3 Å². The highest BCUT2D eigenvalue weighted by atomic mass is 32.2. The lowest BCUT2D eigenvalue weighted by molar-refractivity contribution is -0.139. The lowest BCUT2D eigenvalue weighted by atomic mass is 9.88. The molecule has 3 rings (SSSR count). The van der Waals surface area contributed by atoms with E-state index in [4.69, 9.17) is 0 Å². The largest absolute Gasteiger partial charge is 0.480 e. The minimum atomic E-state index is -0.994. The van der Waals surface area contributed by atoms with Crippen LogP contribution < -0.4 is 5.32 Å². The third-order valence-electron chi connectivity index (χ3n) is 7.76. The number of hydrogen-bond acceptors (Lipinski definition) is 4. The molecule has 0 saturated heterocycles. The van der Waals surface area contributed by atoms with Crippen molar-refractivity contribution in [1.82, 2.24) is 10.2 Å². The van der Waals surface area contributed by atoms with E-state index in [1.54, 1.807) is 11.8 Å². The number of hydrogen-bond donors (Lipinski definition) is 2. The molecule has 1 aliphatic carbocycles. The van der Waals surface area contributed by atoms with Crippen molar-refractivity contribution in [2.24, 2.45) is 5.92 Å². The van der Waals surface area contributed by atoms with Crippen molar-refractivity contribution in [2.75, 3.05) is 31.6 Å². The van der Waals surface area contributed by atoms with Gasteiger partial charge in [0, 0.05) is 18.7 Å². The van der Waals surface area contributed by atoms with Crippen LogP contribution in [0.1, 0.15) is 79.8 Å². The summed E-state index contributed by atoms with van der Waals surface area (Å²) in [5, 5.41) is 12.4. The van der Waals surface area contributed by atoms with Crippen LogP contribution in [0, 0.1) is 12.8 Å². The number of aliphatic carboxylic acids is 1. The Balaban J connectivity index is 1.82. The first-order valence-corrected chi connectivity index (χ1v) is 15.8. The second-order valence-electron chi connectivity index (χ2n) is 10.7. The number of carbonyl (C=O) groups is 2. The number of carbonyl (C=O) groups excluding carboxylic acids is 1. The standard InChI is InChI=1S/C32H46N2O3S/c1-4-5-19-34(23-26-12-7-6-8-13-26)20-17-25-15-16-28(29(22-25)27-14-10-9-11-24(27)2)31(35)33-30(32(36)37)18-21-38-3/h9-11,14-16,22,26,30H,4-8,12-13,17-21,23H2,1-3H3,(H,33,35)(H,36,37). The van der Waals surface area contributed by atoms with Crippen LogP contribution in [0.4, 0.5) is 0 Å². The van der Waals surface area contributed by atoms with Crippen molar-refractivity contribution >= 4 is 23.6 Å². The van der Waals surface area contributed by atoms with E-state index >= 15 is 0 Å². The quantitative estimate of drug-likeness (QED) is 0.260. The van der Waals surface area contributed by atoms with Crippen LogP contribution in [0.15, 0.2) is 42.5 Å². The minimum Gasteiger partial charge on any atom is -0.480 e. The number of carboxylic acid groups (broad SMARTS) is 1. The van der Waals surface area contributed by atoms with Gasteiger partial charge in [0.05, 0.1) is 0 Å². The van der Waals surface area contributed by atoms with Gasteiger partial charge in [0.25, 0.3) is 5.91 Å². The molecule has 1 fully saturated rings. The average molecular weight is 539 g/mol. The van der Waals surface area contributed by atoms with E-state index in [2.05, 4.69) is 36.2 Å². The summed E-state index contributed by atoms with van der Waals surface area (Å²) in [6.45, 7) is 7.67. The number of aryl methyl sites for hydroxylation is 1. The number of nitrogens with one attached hydrogen (secondary N) is 1. The van der Waals surface area contributed by atoms with Crippen LogP contribution in [0.3, 0.4) is 0 Å². The predicted octanol–water partition coefficient (Wildman–Crippen LogP) is 6.82. The van der Waals surface area contributed by atoms with Crippen molar-refractivity contribution in [2.45, 2.75) is 77.7 Å². The van der Waals surface area contributed by atoms with E-state index in [9.17, 15) is 14.7 Å². The normalized spacial score (nSPS) is 14.9. The zero-order valence-electron chi connectivity index (χ0n) is 23.5. The fraction of sp³-hybridized carbons (Fsp3) is 0.562. The first-order valence-electron chi connectivity index (χ1n) is 14.4. The van der Waals surface area contributed by atoms with E-state index in [1.165, 1.54) is 57.1 Å². The zero-order chi connectivity index (χ0) is 27.3. The molecule has 0 aliphatic heterocycles. The van der Waals surface area contributed by atoms with E-state index in [0.717, 1.165) is 42.1 Å². The van der Waals surface area contributed by atoms with Gasteiger partial charge in [-0.2, -0.15) is 11.8 Å². The second kappa shape index (κ2) is 15.9. The van der Waals surface area contributed by atoms with Gasteiger partial charge in [0.2, 0.25) is 0 Å². The van der Waals surface area contributed by atoms with Gasteiger partial charge in [-0.05, 0) is 91.8 Å². The fourth-order valence-corrected chi connectivity index (χ4v) is 5.94. The second-order valence-corrected chi connectivity index (χ2v) is 11.7. The lowest BCUT2D eigenvalue weighted by Crippen LogP contribution is -2.41. The SMILES string of the molecule is CCCCN(CCc1ccc(C(=O)NC(CCSC)C(=O)O)c(-c2ccccc2C)c1)CC1CCCCC1. The Morgan fingerprint density at radius 1 is 1.08 bits per heavy atom. The molecule has 1 amide bonds. The molecule has 0 spiro atoms. The maximum absolute atomic E-state index is 13.4. The summed E-state index contributed by atoms with van der Waals surface area (Å²) in [4.78, 5) is 27.8. The highest BCUT2D eigenvalue weighted by Crippen LogP contribution is 2.29. The predicted molar refractivity (Wildman–Crippen MR) is 160 cm³/mol. The third kappa shape index (κ3) is 9.16. The maximum atomic E-state index is 13.4. The lowest BCUT2D eigenvalue weighted by Gasteiger charge is -2.30. The maximum Gasteiger partial charge on any atom is 0.326 e. The number of rotatable bonds is 15. The van der Waals surface area contributed by atoms with Crippen LogP contribution in [0.25, 0.3) is 11.1 Å². The summed E-state index contributed by atoms with van der Waals surface area (Å²) >= 11 is 1.58. The molecule has 0 heterocycles. The Kier molecular flexibility index (Phi) is 12.7. The summed E-state index contributed by atoms with van der Waals surface area (Å²) in [6.07, 6.45) is 12.5. The Labute approximate surface area is 233 Å². The Bertz CT molecular complexity index is 1040. The van der Waals surface area contributed by atoms with Gasteiger partial charge in [-0.25, -0.2) is 4.79 Å². The smallest absolute Gasteiger partial charge is 0.326 e. The van der Waals surface area contributed by atoms with Crippen molar-refractivity contribution in [1.29, 1.82) is 0 Å². The molecule has 0 bridgehead atoms. The van der Waals surface area contributed by atoms with Crippen LogP contribution in [-0.2, 0) is 11.2 Å². The summed E-state index contributed by atoms with van der Waals surface area (Å²) in [6, 6.07) is 13.3. The van der Waals surface area contributed by atoms with Gasteiger partial charge >= 0.3 is 5.97 Å². The van der Waals surface area contributed by atoms with E-state index in [1.807, 2.05) is 36.6 Å². The molecule has 2 aromatic rings. The van der Waals surface area contributed by atoms with Crippen molar-refractivity contribution in [3.05, 3.63) is 59.2 Å². The number of benzene rings is 2. The highest BCUT2D eigenvalue weighted by Gasteiger charge is 2.23. The zero-order valence-corrected chi connectivity index (χ0v) is 24.3. The Hall–Kier alpha value is -2.31. The number of amides is 1. The first-order chi connectivity index (χ1) is 18.4. The number of unbranched alkanes of at least 4 members (excludes halogenated alkanes) is 1. The molecule has 1 unspecified atom stereocenters. The topological polar surface area (TPSA) is 69.6 Å². The van der Waals surface area contributed by atoms with Crippen LogP contribution in [0.2, 0.25) is 0 Å². The van der Waals surface area contributed by atoms with Crippen molar-refractivity contribution in [3.8, 4) is 11.1 Å². The van der Waals surface area contributed by atoms with Crippen LogP contribution in [0.5, 0.6) is 0 Å². The van der Waals surface area contributed by atoms with E-state index in [0.29, 0.717) is 17.7 Å². The molecular weight excluding hydrogens is 492 g/mol. The molecule has 0 radical (unpaired) electrons. The molecule has 6 heteroatoms. The summed E-state index contributed by atoms with van der Waals surface area (Å²) in [7, 11) is 0. The van der Waals surface area contributed by atoms with Gasteiger partial charge in [0.1, 0.15) is 6.04 Å².